The van der Waals surface area contributed by atoms with Crippen LogP contribution in [0.3, 0.4) is 0 Å². The number of nitrogens with one attached hydrogen (secondary N) is 1. The lowest BCUT2D eigenvalue weighted by molar-refractivity contribution is -0.143. The van der Waals surface area contributed by atoms with E-state index >= 15 is 0 Å². The number of aryl methyl sites for hydroxylation is 1. The van der Waals surface area contributed by atoms with Crippen molar-refractivity contribution in [2.45, 2.75) is 69.7 Å². The Labute approximate surface area is 195 Å². The molecule has 2 aromatic rings. The predicted octanol–water partition coefficient (Wildman–Crippen LogP) is 3.24. The molecule has 1 aliphatic heterocycles. The fourth-order valence-electron chi connectivity index (χ4n) is 3.68. The first kappa shape index (κ1) is 27.1. The Balaban J connectivity index is 1.92. The van der Waals surface area contributed by atoms with Crippen molar-refractivity contribution in [1.82, 2.24) is 9.97 Å². The molecule has 190 valence electrons. The zero-order valence-corrected chi connectivity index (χ0v) is 19.8. The molecule has 3 rings (SSSR count). The van der Waals surface area contributed by atoms with Crippen molar-refractivity contribution in [1.29, 1.82) is 0 Å². The number of rotatable bonds is 6. The summed E-state index contributed by atoms with van der Waals surface area (Å²) in [6, 6.07) is 1.23. The van der Waals surface area contributed by atoms with E-state index in [2.05, 4.69) is 9.97 Å². The van der Waals surface area contributed by atoms with Gasteiger partial charge in [0, 0.05) is 17.4 Å². The number of nitrogens with zero attached hydrogens (tertiary/aromatic N) is 1. The number of aliphatic hydroxyl groups is 3. The predicted molar refractivity (Wildman–Crippen MR) is 113 cm³/mol. The van der Waals surface area contributed by atoms with Gasteiger partial charge in [0.25, 0.3) is 0 Å². The van der Waals surface area contributed by atoms with E-state index in [0.29, 0.717) is 0 Å². The molecular formula is C19H23F4N2O7PS. The third-order valence-electron chi connectivity index (χ3n) is 5.52. The first-order valence-corrected chi connectivity index (χ1v) is 12.1. The molecule has 9 nitrogen and oxygen atoms in total. The minimum Gasteiger partial charge on any atom is -0.388 e. The highest BCUT2D eigenvalue weighted by Gasteiger charge is 2.45. The summed E-state index contributed by atoms with van der Waals surface area (Å²) in [4.78, 5) is 15.4. The third-order valence-corrected chi connectivity index (χ3v) is 7.46. The number of alkyl halides is 3. The van der Waals surface area contributed by atoms with Crippen LogP contribution in [0, 0.1) is 17.4 Å². The molecule has 0 bridgehead atoms. The molecule has 5 unspecified atom stereocenters. The van der Waals surface area contributed by atoms with Gasteiger partial charge in [0.15, 0.2) is 17.4 Å². The van der Waals surface area contributed by atoms with Gasteiger partial charge in [-0.3, -0.25) is 4.57 Å². The Morgan fingerprint density at radius 3 is 2.50 bits per heavy atom. The van der Waals surface area contributed by atoms with E-state index in [1.165, 1.54) is 13.0 Å². The van der Waals surface area contributed by atoms with Crippen LogP contribution in [0.25, 0.3) is 11.0 Å². The molecule has 0 spiro atoms. The molecule has 0 saturated carbocycles. The molecule has 0 aromatic carbocycles. The molecule has 0 amide bonds. The smallest absolute Gasteiger partial charge is 0.388 e. The van der Waals surface area contributed by atoms with Crippen LogP contribution in [0.5, 0.6) is 0 Å². The third kappa shape index (κ3) is 5.19. The fourth-order valence-corrected chi connectivity index (χ4v) is 4.73. The second-order valence-electron chi connectivity index (χ2n) is 8.14. The Kier molecular flexibility index (Phi) is 7.57. The van der Waals surface area contributed by atoms with E-state index in [-0.39, 0.29) is 33.2 Å². The van der Waals surface area contributed by atoms with Crippen LogP contribution < -0.4 is 0 Å². The molecule has 0 aliphatic carbocycles. The van der Waals surface area contributed by atoms with Gasteiger partial charge in [0.05, 0.1) is 12.2 Å². The number of H-pyrrole nitrogens is 1. The maximum absolute atomic E-state index is 14.4. The number of fused-ring (bicyclic) bond motifs is 1. The van der Waals surface area contributed by atoms with Crippen molar-refractivity contribution in [3.63, 3.8) is 0 Å². The van der Waals surface area contributed by atoms with E-state index in [9.17, 15) is 42.3 Å². The highest BCUT2D eigenvalue weighted by atomic mass is 32.1. The normalized spacial score (nSPS) is 27.0. The van der Waals surface area contributed by atoms with Gasteiger partial charge >= 0.3 is 13.8 Å². The summed E-state index contributed by atoms with van der Waals surface area (Å²) in [6.07, 6.45) is -11.5. The monoisotopic (exact) mass is 530 g/mol. The lowest BCUT2D eigenvalue weighted by Gasteiger charge is -2.23. The van der Waals surface area contributed by atoms with Crippen molar-refractivity contribution >= 4 is 30.8 Å². The SMILES string of the molecule is Cc1c(F)c(C(F)(F)F)nc2[nH]c(=S)c([C@@H]3O[C@H](CC(C)OP(=O)(O)C(C)O)C(O)C3O)cc12. The van der Waals surface area contributed by atoms with E-state index in [1.807, 2.05) is 0 Å². The second-order valence-corrected chi connectivity index (χ2v) is 10.6. The zero-order chi connectivity index (χ0) is 25.7. The van der Waals surface area contributed by atoms with Crippen LogP contribution in [-0.2, 0) is 20.0 Å². The van der Waals surface area contributed by atoms with Gasteiger partial charge < -0.3 is 34.5 Å². The quantitative estimate of drug-likeness (QED) is 0.216. The molecule has 15 heteroatoms. The van der Waals surface area contributed by atoms with Crippen LogP contribution in [0.15, 0.2) is 6.07 Å². The molecule has 1 saturated heterocycles. The molecule has 0 radical (unpaired) electrons. The van der Waals surface area contributed by atoms with Gasteiger partial charge in [0.2, 0.25) is 0 Å². The second kappa shape index (κ2) is 9.51. The van der Waals surface area contributed by atoms with Gasteiger partial charge in [-0.25, -0.2) is 9.37 Å². The number of ether oxygens (including phenoxy) is 1. The maximum Gasteiger partial charge on any atom is 0.436 e. The molecule has 3 heterocycles. The molecule has 34 heavy (non-hydrogen) atoms. The number of aromatic nitrogens is 2. The van der Waals surface area contributed by atoms with Gasteiger partial charge in [-0.2, -0.15) is 13.2 Å². The highest BCUT2D eigenvalue weighted by molar-refractivity contribution is 7.71. The molecule has 5 N–H and O–H groups in total. The van der Waals surface area contributed by atoms with Crippen molar-refractivity contribution in [3.8, 4) is 0 Å². The average molecular weight is 530 g/mol. The minimum atomic E-state index is -5.02. The lowest BCUT2D eigenvalue weighted by Crippen LogP contribution is -2.32. The van der Waals surface area contributed by atoms with Crippen LogP contribution >= 0.6 is 19.8 Å². The number of halogens is 4. The summed E-state index contributed by atoms with van der Waals surface area (Å²) in [6.45, 7) is 3.61. The zero-order valence-electron chi connectivity index (χ0n) is 18.1. The number of hydrogen-bond donors (Lipinski definition) is 5. The Hall–Kier alpha value is -1.51. The first-order valence-electron chi connectivity index (χ1n) is 10.0. The summed E-state index contributed by atoms with van der Waals surface area (Å²) in [7, 11) is -4.34. The van der Waals surface area contributed by atoms with Gasteiger partial charge in [-0.05, 0) is 32.4 Å². The molecule has 1 fully saturated rings. The summed E-state index contributed by atoms with van der Waals surface area (Å²) in [5.41, 5.74) is -2.29. The first-order chi connectivity index (χ1) is 15.5. The Morgan fingerprint density at radius 1 is 1.32 bits per heavy atom. The maximum atomic E-state index is 14.4. The van der Waals surface area contributed by atoms with Crippen molar-refractivity contribution in [2.24, 2.45) is 0 Å². The van der Waals surface area contributed by atoms with Gasteiger partial charge in [-0.1, -0.05) is 12.2 Å². The summed E-state index contributed by atoms with van der Waals surface area (Å²) < 4.78 is 76.0. The topological polar surface area (TPSA) is 145 Å². The summed E-state index contributed by atoms with van der Waals surface area (Å²) >= 11 is 5.18. The van der Waals surface area contributed by atoms with Crippen molar-refractivity contribution < 1.29 is 51.6 Å². The minimum absolute atomic E-state index is 0.0299. The van der Waals surface area contributed by atoms with Crippen LogP contribution in [0.1, 0.15) is 43.2 Å². The number of hydrogen-bond acceptors (Lipinski definition) is 8. The van der Waals surface area contributed by atoms with Gasteiger partial charge in [-0.15, -0.1) is 0 Å². The average Bonchev–Trinajstić information content (AvgIpc) is 2.97. The number of pyridine rings is 2. The molecular weight excluding hydrogens is 507 g/mol. The number of aromatic amines is 1. The van der Waals surface area contributed by atoms with Crippen molar-refractivity contribution in [2.75, 3.05) is 0 Å². The standard InChI is InChI=1S/C19H23F4N2O7PS/c1-6(32-33(29,30)8(3)26)4-11-13(27)14(28)15(31-11)10-5-9-7(2)12(20)16(19(21,22)23)24-17(9)25-18(10)34/h5-6,8,11,13-15,26-28H,4H2,1-3H3,(H,29,30)(H,24,25,34)/t6?,8?,11-,13?,14?,15+/m1/s1. The van der Waals surface area contributed by atoms with Crippen LogP contribution in [-0.4, -0.2) is 60.4 Å². The molecule has 7 atom stereocenters. The molecule has 1 aliphatic rings. The molecule has 2 aromatic heterocycles. The van der Waals surface area contributed by atoms with E-state index in [1.54, 1.807) is 0 Å². The summed E-state index contributed by atoms with van der Waals surface area (Å²) in [5.74, 6) is -3.20. The van der Waals surface area contributed by atoms with E-state index in [0.717, 1.165) is 13.8 Å². The summed E-state index contributed by atoms with van der Waals surface area (Å²) in [5, 5.41) is 30.2. The fraction of sp³-hybridized carbons (Fsp3) is 0.579. The Bertz CT molecular complexity index is 1190. The largest absolute Gasteiger partial charge is 0.436 e. The number of aliphatic hydroxyl groups excluding tert-OH is 3. The van der Waals surface area contributed by atoms with Crippen LogP contribution in [0.2, 0.25) is 0 Å². The van der Waals surface area contributed by atoms with E-state index in [4.69, 9.17) is 21.5 Å². The van der Waals surface area contributed by atoms with Crippen molar-refractivity contribution in [3.05, 3.63) is 33.3 Å². The van der Waals surface area contributed by atoms with Crippen LogP contribution in [0.4, 0.5) is 17.6 Å². The lowest BCUT2D eigenvalue weighted by atomic mass is 9.99. The van der Waals surface area contributed by atoms with Gasteiger partial charge in [0.1, 0.15) is 28.6 Å². The Morgan fingerprint density at radius 2 is 1.94 bits per heavy atom. The van der Waals surface area contributed by atoms with E-state index < -0.39 is 61.6 Å². The highest BCUT2D eigenvalue weighted by Crippen LogP contribution is 2.48.